The van der Waals surface area contributed by atoms with Crippen LogP contribution in [0.2, 0.25) is 5.02 Å². The highest BCUT2D eigenvalue weighted by Crippen LogP contribution is 2.39. The van der Waals surface area contributed by atoms with Gasteiger partial charge in [-0.1, -0.05) is 29.8 Å². The minimum atomic E-state index is -5.08. The van der Waals surface area contributed by atoms with E-state index in [9.17, 15) is 18.0 Å². The highest BCUT2D eigenvalue weighted by Gasteiger charge is 2.44. The monoisotopic (exact) mass is 527 g/mol. The number of aliphatic carboxylic acids is 1. The van der Waals surface area contributed by atoms with Crippen molar-refractivity contribution in [3.8, 4) is 11.1 Å². The van der Waals surface area contributed by atoms with Crippen LogP contribution in [0.1, 0.15) is 38.7 Å². The summed E-state index contributed by atoms with van der Waals surface area (Å²) in [4.78, 5) is 31.7. The summed E-state index contributed by atoms with van der Waals surface area (Å²) in [5, 5.41) is 19.5. The zero-order valence-electron chi connectivity index (χ0n) is 19.5. The number of hydrogen-bond donors (Lipinski definition) is 3. The molecule has 2 aliphatic heterocycles. The SMILES string of the molecule is C[C@H]1C[C@@H](N2C(=N)N[C@](C)(c3cccc(-c4cncnc4)c3Cl)CC2=O)CCO1.O=C(O)C(F)(F)F. The van der Waals surface area contributed by atoms with E-state index in [1.54, 1.807) is 17.3 Å². The van der Waals surface area contributed by atoms with Gasteiger partial charge in [-0.15, -0.1) is 0 Å². The van der Waals surface area contributed by atoms with Gasteiger partial charge in [-0.25, -0.2) is 14.8 Å². The molecule has 1 aromatic carbocycles. The maximum atomic E-state index is 13.1. The zero-order valence-corrected chi connectivity index (χ0v) is 20.2. The van der Waals surface area contributed by atoms with Crippen LogP contribution in [-0.4, -0.2) is 62.7 Å². The van der Waals surface area contributed by atoms with Gasteiger partial charge in [-0.3, -0.25) is 15.1 Å². The first-order chi connectivity index (χ1) is 16.8. The minimum absolute atomic E-state index is 0.0147. The van der Waals surface area contributed by atoms with Crippen LogP contribution in [0.25, 0.3) is 11.1 Å². The van der Waals surface area contributed by atoms with Gasteiger partial charge in [0.15, 0.2) is 5.96 Å². The van der Waals surface area contributed by atoms with Crippen molar-refractivity contribution in [1.29, 1.82) is 5.41 Å². The van der Waals surface area contributed by atoms with Gasteiger partial charge in [-0.05, 0) is 32.3 Å². The zero-order chi connectivity index (χ0) is 26.7. The predicted molar refractivity (Wildman–Crippen MR) is 124 cm³/mol. The van der Waals surface area contributed by atoms with Gasteiger partial charge in [0.2, 0.25) is 5.91 Å². The predicted octanol–water partition coefficient (Wildman–Crippen LogP) is 3.97. The lowest BCUT2D eigenvalue weighted by Gasteiger charge is -2.45. The van der Waals surface area contributed by atoms with Gasteiger partial charge < -0.3 is 15.2 Å². The van der Waals surface area contributed by atoms with Crippen molar-refractivity contribution in [2.45, 2.75) is 57.0 Å². The molecule has 194 valence electrons. The molecule has 4 rings (SSSR count). The van der Waals surface area contributed by atoms with Gasteiger partial charge in [0.05, 0.1) is 23.1 Å². The number of carbonyl (C=O) groups excluding carboxylic acids is 1. The van der Waals surface area contributed by atoms with Crippen LogP contribution < -0.4 is 5.32 Å². The molecule has 3 heterocycles. The lowest BCUT2D eigenvalue weighted by molar-refractivity contribution is -0.192. The van der Waals surface area contributed by atoms with E-state index in [0.717, 1.165) is 29.5 Å². The summed E-state index contributed by atoms with van der Waals surface area (Å²) in [6.45, 7) is 4.52. The highest BCUT2D eigenvalue weighted by molar-refractivity contribution is 6.34. The molecule has 3 N–H and O–H groups in total. The largest absolute Gasteiger partial charge is 0.490 e. The Hall–Kier alpha value is -3.25. The van der Waals surface area contributed by atoms with E-state index in [-0.39, 0.29) is 30.4 Å². The number of rotatable bonds is 3. The number of halogens is 4. The number of guanidine groups is 1. The Kier molecular flexibility index (Phi) is 8.19. The second-order valence-electron chi connectivity index (χ2n) is 8.70. The molecule has 0 unspecified atom stereocenters. The number of carbonyl (C=O) groups is 2. The Morgan fingerprint density at radius 3 is 2.53 bits per heavy atom. The Labute approximate surface area is 210 Å². The Balaban J connectivity index is 0.000000454. The van der Waals surface area contributed by atoms with Gasteiger partial charge in [0.1, 0.15) is 6.33 Å². The van der Waals surface area contributed by atoms with Gasteiger partial charge in [0.25, 0.3) is 0 Å². The summed E-state index contributed by atoms with van der Waals surface area (Å²) < 4.78 is 37.3. The molecule has 13 heteroatoms. The fourth-order valence-corrected chi connectivity index (χ4v) is 4.70. The normalized spacial score (nSPS) is 24.4. The van der Waals surface area contributed by atoms with Crippen molar-refractivity contribution in [3.05, 3.63) is 47.5 Å². The third kappa shape index (κ3) is 6.11. The van der Waals surface area contributed by atoms with Crippen LogP contribution in [0.15, 0.2) is 36.9 Å². The second kappa shape index (κ2) is 10.8. The first-order valence-electron chi connectivity index (χ1n) is 11.0. The fourth-order valence-electron chi connectivity index (χ4n) is 4.25. The number of carboxylic acids is 1. The van der Waals surface area contributed by atoms with Crippen molar-refractivity contribution >= 4 is 29.4 Å². The first kappa shape index (κ1) is 27.3. The van der Waals surface area contributed by atoms with Gasteiger partial charge in [0, 0.05) is 36.2 Å². The third-order valence-corrected chi connectivity index (χ3v) is 6.35. The third-order valence-electron chi connectivity index (χ3n) is 5.94. The summed E-state index contributed by atoms with van der Waals surface area (Å²) >= 11 is 6.76. The Morgan fingerprint density at radius 2 is 1.97 bits per heavy atom. The molecule has 2 fully saturated rings. The fraction of sp³-hybridized carbons (Fsp3) is 0.435. The van der Waals surface area contributed by atoms with E-state index in [0.29, 0.717) is 11.6 Å². The first-order valence-corrected chi connectivity index (χ1v) is 11.4. The van der Waals surface area contributed by atoms with E-state index in [1.807, 2.05) is 32.0 Å². The number of nitrogens with one attached hydrogen (secondary N) is 2. The van der Waals surface area contributed by atoms with Crippen molar-refractivity contribution in [2.75, 3.05) is 6.61 Å². The number of benzene rings is 1. The van der Waals surface area contributed by atoms with Crippen LogP contribution >= 0.6 is 11.6 Å². The van der Waals surface area contributed by atoms with E-state index < -0.39 is 17.7 Å². The molecule has 2 aromatic rings. The van der Waals surface area contributed by atoms with Crippen LogP contribution in [0, 0.1) is 5.41 Å². The van der Waals surface area contributed by atoms with E-state index >= 15 is 0 Å². The van der Waals surface area contributed by atoms with Crippen LogP contribution in [0.5, 0.6) is 0 Å². The molecule has 36 heavy (non-hydrogen) atoms. The van der Waals surface area contributed by atoms with E-state index in [1.165, 1.54) is 6.33 Å². The Bertz CT molecular complexity index is 1110. The number of amides is 1. The van der Waals surface area contributed by atoms with E-state index in [4.69, 9.17) is 31.6 Å². The lowest BCUT2D eigenvalue weighted by atomic mass is 9.84. The summed E-state index contributed by atoms with van der Waals surface area (Å²) in [6, 6.07) is 5.69. The van der Waals surface area contributed by atoms with Crippen molar-refractivity contribution in [2.24, 2.45) is 0 Å². The molecular formula is C23H25ClF3N5O4. The van der Waals surface area contributed by atoms with E-state index in [2.05, 4.69) is 15.3 Å². The average Bonchev–Trinajstić information content (AvgIpc) is 2.79. The van der Waals surface area contributed by atoms with Crippen molar-refractivity contribution < 1.29 is 32.6 Å². The topological polar surface area (TPSA) is 128 Å². The van der Waals surface area contributed by atoms with Crippen LogP contribution in [0.4, 0.5) is 13.2 Å². The van der Waals surface area contributed by atoms with Crippen LogP contribution in [0.3, 0.4) is 0 Å². The maximum Gasteiger partial charge on any atom is 0.490 e. The molecule has 3 atom stereocenters. The molecule has 9 nitrogen and oxygen atoms in total. The lowest BCUT2D eigenvalue weighted by Crippen LogP contribution is -2.63. The molecule has 1 aromatic heterocycles. The number of nitrogens with zero attached hydrogens (tertiary/aromatic N) is 3. The summed E-state index contributed by atoms with van der Waals surface area (Å²) in [6.07, 6.45) is 1.57. The number of hydrogen-bond acceptors (Lipinski definition) is 6. The standard InChI is InChI=1S/C21H24ClN5O2.C2HF3O2/c1-13-8-15(6-7-29-13)27-18(28)9-21(2,26-20(27)23)17-5-3-4-16(19(17)22)14-10-24-12-25-11-14;3-2(4,5)1(6)7/h3-5,10-13,15H,6-9H2,1-2H3,(H2,23,26);(H,6,7)/t13-,15-,21-;/m0./s1. The van der Waals surface area contributed by atoms with Crippen molar-refractivity contribution in [1.82, 2.24) is 20.2 Å². The summed E-state index contributed by atoms with van der Waals surface area (Å²) in [7, 11) is 0. The summed E-state index contributed by atoms with van der Waals surface area (Å²) in [5.74, 6) is -2.71. The highest BCUT2D eigenvalue weighted by atomic mass is 35.5. The molecule has 0 spiro atoms. The van der Waals surface area contributed by atoms with Gasteiger partial charge >= 0.3 is 12.1 Å². The molecule has 0 bridgehead atoms. The molecule has 1 amide bonds. The molecule has 0 radical (unpaired) electrons. The molecule has 2 aliphatic rings. The maximum absolute atomic E-state index is 13.1. The number of alkyl halides is 3. The Morgan fingerprint density at radius 1 is 1.33 bits per heavy atom. The molecule has 2 saturated heterocycles. The van der Waals surface area contributed by atoms with Crippen LogP contribution in [-0.2, 0) is 19.9 Å². The summed E-state index contributed by atoms with van der Waals surface area (Å²) in [5.41, 5.74) is 1.61. The minimum Gasteiger partial charge on any atom is -0.475 e. The number of ether oxygens (including phenoxy) is 1. The quantitative estimate of drug-likeness (QED) is 0.551. The molecule has 0 aliphatic carbocycles. The molecule has 0 saturated carbocycles. The smallest absolute Gasteiger partial charge is 0.475 e. The van der Waals surface area contributed by atoms with Gasteiger partial charge in [-0.2, -0.15) is 13.2 Å². The number of aromatic nitrogens is 2. The second-order valence-corrected chi connectivity index (χ2v) is 9.08. The average molecular weight is 528 g/mol. The molecular weight excluding hydrogens is 503 g/mol. The number of carboxylic acid groups (broad SMARTS) is 1. The van der Waals surface area contributed by atoms with Crippen molar-refractivity contribution in [3.63, 3.8) is 0 Å².